The lowest BCUT2D eigenvalue weighted by atomic mass is 10.1. The van der Waals surface area contributed by atoms with Gasteiger partial charge in [0.2, 0.25) is 0 Å². The highest BCUT2D eigenvalue weighted by molar-refractivity contribution is 5.62. The molecule has 0 aliphatic carbocycles. The third-order valence-corrected chi connectivity index (χ3v) is 2.71. The topological polar surface area (TPSA) is 63.9 Å². The minimum absolute atomic E-state index is 0.618. The maximum Gasteiger partial charge on any atom is 0.119 e. The van der Waals surface area contributed by atoms with Gasteiger partial charge in [0.15, 0.2) is 0 Å². The van der Waals surface area contributed by atoms with Crippen LogP contribution in [0.25, 0.3) is 11.3 Å². The van der Waals surface area contributed by atoms with E-state index in [2.05, 4.69) is 16.9 Å². The van der Waals surface area contributed by atoms with E-state index in [0.29, 0.717) is 6.54 Å². The Balaban J connectivity index is 2.15. The molecule has 0 spiro atoms. The van der Waals surface area contributed by atoms with Crippen molar-refractivity contribution < 1.29 is 4.74 Å². The number of ether oxygens (including phenoxy) is 1. The molecule has 96 valence electrons. The van der Waals surface area contributed by atoms with Gasteiger partial charge in [-0.2, -0.15) is 0 Å². The summed E-state index contributed by atoms with van der Waals surface area (Å²) in [6, 6.07) is 8.01. The molecule has 0 fully saturated rings. The van der Waals surface area contributed by atoms with Crippen molar-refractivity contribution in [2.75, 3.05) is 13.2 Å². The van der Waals surface area contributed by atoms with E-state index in [1.54, 1.807) is 6.33 Å². The maximum atomic E-state index is 5.58. The Morgan fingerprint density at radius 2 is 2.06 bits per heavy atom. The Bertz CT molecular complexity index is 476. The molecular weight excluding hydrogens is 226 g/mol. The first kappa shape index (κ1) is 12.6. The molecule has 0 unspecified atom stereocenters. The normalized spacial score (nSPS) is 10.6. The summed E-state index contributed by atoms with van der Waals surface area (Å²) in [6.45, 7) is 3.46. The van der Waals surface area contributed by atoms with Crippen LogP contribution < -0.4 is 10.5 Å². The highest BCUT2D eigenvalue weighted by atomic mass is 16.5. The molecule has 2 aromatic rings. The molecule has 1 heterocycles. The van der Waals surface area contributed by atoms with Crippen molar-refractivity contribution in [3.63, 3.8) is 0 Å². The van der Waals surface area contributed by atoms with E-state index in [-0.39, 0.29) is 0 Å². The average Bonchev–Trinajstić information content (AvgIpc) is 2.86. The Labute approximate surface area is 107 Å². The smallest absolute Gasteiger partial charge is 0.119 e. The number of rotatable bonds is 6. The van der Waals surface area contributed by atoms with Gasteiger partial charge in [-0.15, -0.1) is 0 Å². The number of aromatic amines is 1. The second-order valence-corrected chi connectivity index (χ2v) is 4.14. The van der Waals surface area contributed by atoms with Gasteiger partial charge >= 0.3 is 0 Å². The van der Waals surface area contributed by atoms with Crippen molar-refractivity contribution in [1.29, 1.82) is 0 Å². The first-order valence-corrected chi connectivity index (χ1v) is 6.30. The van der Waals surface area contributed by atoms with Crippen LogP contribution in [-0.4, -0.2) is 23.1 Å². The number of nitrogens with zero attached hydrogens (tertiary/aromatic N) is 1. The average molecular weight is 245 g/mol. The summed E-state index contributed by atoms with van der Waals surface area (Å²) in [4.78, 5) is 7.48. The van der Waals surface area contributed by atoms with Crippen molar-refractivity contribution in [3.8, 4) is 17.0 Å². The maximum absolute atomic E-state index is 5.58. The molecule has 0 saturated carbocycles. The Morgan fingerprint density at radius 1 is 1.28 bits per heavy atom. The van der Waals surface area contributed by atoms with E-state index >= 15 is 0 Å². The van der Waals surface area contributed by atoms with Gasteiger partial charge in [-0.05, 0) is 37.2 Å². The molecule has 0 atom stereocenters. The van der Waals surface area contributed by atoms with Gasteiger partial charge < -0.3 is 15.5 Å². The van der Waals surface area contributed by atoms with Gasteiger partial charge in [0.25, 0.3) is 0 Å². The number of aromatic nitrogens is 2. The van der Waals surface area contributed by atoms with Gasteiger partial charge in [-0.3, -0.25) is 0 Å². The lowest BCUT2D eigenvalue weighted by Crippen LogP contribution is -2.04. The summed E-state index contributed by atoms with van der Waals surface area (Å²) in [5, 5.41) is 0. The first-order chi connectivity index (χ1) is 8.85. The molecule has 0 aliphatic heterocycles. The predicted octanol–water partition coefficient (Wildman–Crippen LogP) is 2.37. The zero-order chi connectivity index (χ0) is 12.8. The van der Waals surface area contributed by atoms with E-state index in [4.69, 9.17) is 10.5 Å². The van der Waals surface area contributed by atoms with Crippen LogP contribution in [-0.2, 0) is 6.42 Å². The summed E-state index contributed by atoms with van der Waals surface area (Å²) in [5.41, 5.74) is 8.72. The Morgan fingerprint density at radius 3 is 2.72 bits per heavy atom. The fourth-order valence-corrected chi connectivity index (χ4v) is 1.83. The van der Waals surface area contributed by atoms with Crippen molar-refractivity contribution in [2.45, 2.75) is 19.8 Å². The quantitative estimate of drug-likeness (QED) is 0.821. The molecule has 0 saturated heterocycles. The molecule has 0 bridgehead atoms. The van der Waals surface area contributed by atoms with Crippen molar-refractivity contribution in [1.82, 2.24) is 9.97 Å². The van der Waals surface area contributed by atoms with Crippen LogP contribution in [0.15, 0.2) is 30.6 Å². The third-order valence-electron chi connectivity index (χ3n) is 2.71. The fourth-order valence-electron chi connectivity index (χ4n) is 1.83. The number of H-pyrrole nitrogens is 1. The number of imidazole rings is 1. The highest BCUT2D eigenvalue weighted by Gasteiger charge is 2.07. The molecule has 1 aromatic heterocycles. The molecule has 0 amide bonds. The van der Waals surface area contributed by atoms with Gasteiger partial charge in [0.1, 0.15) is 5.75 Å². The van der Waals surface area contributed by atoms with E-state index < -0.39 is 0 Å². The molecule has 1 aromatic carbocycles. The summed E-state index contributed by atoms with van der Waals surface area (Å²) in [7, 11) is 0. The number of hydrogen-bond acceptors (Lipinski definition) is 3. The van der Waals surface area contributed by atoms with E-state index in [1.807, 2.05) is 24.3 Å². The second kappa shape index (κ2) is 6.21. The largest absolute Gasteiger partial charge is 0.494 e. The Hall–Kier alpha value is -1.81. The van der Waals surface area contributed by atoms with Crippen molar-refractivity contribution in [2.24, 2.45) is 5.73 Å². The number of benzene rings is 1. The highest BCUT2D eigenvalue weighted by Crippen LogP contribution is 2.23. The van der Waals surface area contributed by atoms with E-state index in [1.165, 1.54) is 0 Å². The van der Waals surface area contributed by atoms with Gasteiger partial charge in [0.05, 0.1) is 18.6 Å². The van der Waals surface area contributed by atoms with Crippen molar-refractivity contribution in [3.05, 3.63) is 36.3 Å². The number of hydrogen-bond donors (Lipinski definition) is 2. The molecule has 0 radical (unpaired) electrons. The first-order valence-electron chi connectivity index (χ1n) is 6.30. The summed E-state index contributed by atoms with van der Waals surface area (Å²) in [5.74, 6) is 0.900. The predicted molar refractivity (Wildman–Crippen MR) is 72.6 cm³/mol. The summed E-state index contributed by atoms with van der Waals surface area (Å²) < 4.78 is 5.56. The zero-order valence-electron chi connectivity index (χ0n) is 10.6. The van der Waals surface area contributed by atoms with Crippen LogP contribution in [0.3, 0.4) is 0 Å². The van der Waals surface area contributed by atoms with Crippen LogP contribution in [0.2, 0.25) is 0 Å². The van der Waals surface area contributed by atoms with Crippen LogP contribution in [0.1, 0.15) is 19.0 Å². The molecule has 18 heavy (non-hydrogen) atoms. The minimum atomic E-state index is 0.618. The Kier molecular flexibility index (Phi) is 4.36. The summed E-state index contributed by atoms with van der Waals surface area (Å²) >= 11 is 0. The van der Waals surface area contributed by atoms with Crippen LogP contribution in [0.4, 0.5) is 0 Å². The third kappa shape index (κ3) is 2.90. The van der Waals surface area contributed by atoms with Crippen LogP contribution >= 0.6 is 0 Å². The lowest BCUT2D eigenvalue weighted by molar-refractivity contribution is 0.317. The summed E-state index contributed by atoms with van der Waals surface area (Å²) in [6.07, 6.45) is 3.53. The number of nitrogens with two attached hydrogens (primary N) is 1. The van der Waals surface area contributed by atoms with Gasteiger partial charge in [-0.25, -0.2) is 4.98 Å². The van der Waals surface area contributed by atoms with E-state index in [0.717, 1.165) is 42.1 Å². The zero-order valence-corrected chi connectivity index (χ0v) is 10.6. The molecule has 4 heteroatoms. The molecule has 0 aliphatic rings. The molecule has 3 N–H and O–H groups in total. The van der Waals surface area contributed by atoms with Crippen LogP contribution in [0.5, 0.6) is 5.75 Å². The van der Waals surface area contributed by atoms with Gasteiger partial charge in [-0.1, -0.05) is 6.92 Å². The second-order valence-electron chi connectivity index (χ2n) is 4.14. The molecular formula is C14H19N3O. The minimum Gasteiger partial charge on any atom is -0.494 e. The number of nitrogens with one attached hydrogen (secondary N) is 1. The fraction of sp³-hybridized carbons (Fsp3) is 0.357. The standard InChI is InChI=1S/C14H19N3O/c1-2-9-18-12-5-3-11(4-6-12)14-13(7-8-15)16-10-17-14/h3-6,10H,2,7-9,15H2,1H3,(H,16,17). The van der Waals surface area contributed by atoms with Crippen molar-refractivity contribution >= 4 is 0 Å². The van der Waals surface area contributed by atoms with Crippen LogP contribution in [0, 0.1) is 0 Å². The SMILES string of the molecule is CCCOc1ccc(-c2nc[nH]c2CCN)cc1. The molecule has 2 rings (SSSR count). The lowest BCUT2D eigenvalue weighted by Gasteiger charge is -2.06. The van der Waals surface area contributed by atoms with Gasteiger partial charge in [0, 0.05) is 17.7 Å². The molecule has 4 nitrogen and oxygen atoms in total. The monoisotopic (exact) mass is 245 g/mol. The van der Waals surface area contributed by atoms with E-state index in [9.17, 15) is 0 Å².